The number of carboxylic acid groups (broad SMARTS) is 1. The lowest BCUT2D eigenvalue weighted by Crippen LogP contribution is -2.32. The van der Waals surface area contributed by atoms with Crippen molar-refractivity contribution in [1.82, 2.24) is 4.72 Å². The third-order valence-electron chi connectivity index (χ3n) is 2.08. The minimum absolute atomic E-state index is 0.0888. The summed E-state index contributed by atoms with van der Waals surface area (Å²) in [7, 11) is -3.74. The van der Waals surface area contributed by atoms with Gasteiger partial charge in [-0.15, -0.1) is 0 Å². The van der Waals surface area contributed by atoms with E-state index in [4.69, 9.17) is 16.7 Å². The molecule has 0 atom stereocenters. The first-order chi connectivity index (χ1) is 8.69. The maximum absolute atomic E-state index is 11.7. The van der Waals surface area contributed by atoms with Crippen molar-refractivity contribution >= 4 is 33.5 Å². The van der Waals surface area contributed by atoms with Crippen LogP contribution in [0.1, 0.15) is 24.2 Å². The van der Waals surface area contributed by atoms with Crippen LogP contribution in [0.2, 0.25) is 5.02 Å². The average molecular weight is 307 g/mol. The third-order valence-corrected chi connectivity index (χ3v) is 3.35. The molecule has 0 radical (unpaired) electrons. The molecule has 0 saturated heterocycles. The molecule has 3 N–H and O–H groups in total. The topological polar surface area (TPSA) is 95.5 Å². The third kappa shape index (κ3) is 5.46. The second-order valence-electron chi connectivity index (χ2n) is 4.38. The fraction of sp³-hybridized carbons (Fsp3) is 0.364. The molecule has 1 aromatic carbocycles. The van der Waals surface area contributed by atoms with Gasteiger partial charge in [0, 0.05) is 11.6 Å². The molecule has 0 unspecified atom stereocenters. The van der Waals surface area contributed by atoms with Gasteiger partial charge in [0.15, 0.2) is 0 Å². The van der Waals surface area contributed by atoms with Crippen molar-refractivity contribution in [2.45, 2.75) is 13.8 Å². The summed E-state index contributed by atoms with van der Waals surface area (Å²) >= 11 is 5.73. The van der Waals surface area contributed by atoms with Crippen LogP contribution in [-0.2, 0) is 10.2 Å². The van der Waals surface area contributed by atoms with Gasteiger partial charge in [-0.2, -0.15) is 13.1 Å². The molecule has 0 aliphatic carbocycles. The van der Waals surface area contributed by atoms with Crippen LogP contribution in [0.5, 0.6) is 0 Å². The number of aromatic carboxylic acids is 1. The first kappa shape index (κ1) is 15.7. The first-order valence-electron chi connectivity index (χ1n) is 5.51. The molecule has 1 aromatic rings. The van der Waals surface area contributed by atoms with Crippen molar-refractivity contribution in [2.75, 3.05) is 11.3 Å². The Bertz CT molecular complexity index is 572. The fourth-order valence-corrected chi connectivity index (χ4v) is 2.53. The van der Waals surface area contributed by atoms with E-state index in [-0.39, 0.29) is 28.7 Å². The lowest BCUT2D eigenvalue weighted by molar-refractivity contribution is 0.0697. The number of carbonyl (C=O) groups is 1. The van der Waals surface area contributed by atoms with Gasteiger partial charge < -0.3 is 5.11 Å². The van der Waals surface area contributed by atoms with Gasteiger partial charge in [0.2, 0.25) is 0 Å². The summed E-state index contributed by atoms with van der Waals surface area (Å²) in [6.07, 6.45) is 0. The number of halogens is 1. The summed E-state index contributed by atoms with van der Waals surface area (Å²) in [5.41, 5.74) is 0.00946. The molecule has 19 heavy (non-hydrogen) atoms. The highest BCUT2D eigenvalue weighted by molar-refractivity contribution is 7.90. The summed E-state index contributed by atoms with van der Waals surface area (Å²) in [6.45, 7) is 4.01. The van der Waals surface area contributed by atoms with Crippen LogP contribution in [0.15, 0.2) is 18.2 Å². The number of benzene rings is 1. The Balaban J connectivity index is 2.90. The van der Waals surface area contributed by atoms with Crippen LogP contribution in [0.4, 0.5) is 5.69 Å². The maximum atomic E-state index is 11.7. The molecule has 0 aliphatic heterocycles. The predicted octanol–water partition coefficient (Wildman–Crippen LogP) is 1.94. The van der Waals surface area contributed by atoms with Crippen LogP contribution in [0.3, 0.4) is 0 Å². The summed E-state index contributed by atoms with van der Waals surface area (Å²) in [6, 6.07) is 3.77. The average Bonchev–Trinajstić information content (AvgIpc) is 2.25. The number of carboxylic acids is 1. The van der Waals surface area contributed by atoms with Crippen molar-refractivity contribution in [3.05, 3.63) is 28.8 Å². The molecule has 0 fully saturated rings. The van der Waals surface area contributed by atoms with E-state index in [9.17, 15) is 13.2 Å². The van der Waals surface area contributed by atoms with E-state index in [1.807, 2.05) is 13.8 Å². The normalized spacial score (nSPS) is 11.6. The van der Waals surface area contributed by atoms with Gasteiger partial charge in [-0.05, 0) is 24.1 Å². The molecular formula is C11H15ClN2O4S. The lowest BCUT2D eigenvalue weighted by atomic mass is 10.2. The second kappa shape index (κ2) is 6.23. The van der Waals surface area contributed by atoms with Crippen molar-refractivity contribution in [3.8, 4) is 0 Å². The predicted molar refractivity (Wildman–Crippen MR) is 73.8 cm³/mol. The summed E-state index contributed by atoms with van der Waals surface area (Å²) in [5.74, 6) is -1.02. The van der Waals surface area contributed by atoms with E-state index in [1.54, 1.807) is 0 Å². The second-order valence-corrected chi connectivity index (χ2v) is 6.32. The van der Waals surface area contributed by atoms with Gasteiger partial charge in [-0.25, -0.2) is 4.79 Å². The highest BCUT2D eigenvalue weighted by Crippen LogP contribution is 2.19. The standard InChI is InChI=1S/C11H15ClN2O4S/c1-7(2)6-13-19(17,18)14-10-4-8(11(15)16)3-9(12)5-10/h3-5,7,13-14H,6H2,1-2H3,(H,15,16). The minimum Gasteiger partial charge on any atom is -0.478 e. The van der Waals surface area contributed by atoms with Crippen molar-refractivity contribution < 1.29 is 18.3 Å². The van der Waals surface area contributed by atoms with E-state index in [1.165, 1.54) is 18.2 Å². The summed E-state index contributed by atoms with van der Waals surface area (Å²) < 4.78 is 27.9. The molecule has 106 valence electrons. The van der Waals surface area contributed by atoms with Crippen LogP contribution < -0.4 is 9.44 Å². The zero-order valence-electron chi connectivity index (χ0n) is 10.5. The Hall–Kier alpha value is -1.31. The summed E-state index contributed by atoms with van der Waals surface area (Å²) in [4.78, 5) is 10.8. The highest BCUT2D eigenvalue weighted by Gasteiger charge is 2.13. The zero-order chi connectivity index (χ0) is 14.6. The first-order valence-corrected chi connectivity index (χ1v) is 7.37. The number of anilines is 1. The fourth-order valence-electron chi connectivity index (χ4n) is 1.24. The molecule has 0 aliphatic rings. The van der Waals surface area contributed by atoms with Gasteiger partial charge in [0.1, 0.15) is 0 Å². The molecule has 6 nitrogen and oxygen atoms in total. The van der Waals surface area contributed by atoms with Crippen LogP contribution in [0, 0.1) is 5.92 Å². The lowest BCUT2D eigenvalue weighted by Gasteiger charge is -2.11. The Morgan fingerprint density at radius 3 is 2.53 bits per heavy atom. The van der Waals surface area contributed by atoms with E-state index < -0.39 is 16.2 Å². The molecule has 0 bridgehead atoms. The van der Waals surface area contributed by atoms with Crippen LogP contribution in [-0.4, -0.2) is 26.0 Å². The largest absolute Gasteiger partial charge is 0.478 e. The Labute approximate surface area is 117 Å². The molecular weight excluding hydrogens is 292 g/mol. The van der Waals surface area contributed by atoms with E-state index >= 15 is 0 Å². The number of hydrogen-bond acceptors (Lipinski definition) is 3. The Morgan fingerprint density at radius 2 is 2.00 bits per heavy atom. The molecule has 0 saturated carbocycles. The minimum atomic E-state index is -3.74. The zero-order valence-corrected chi connectivity index (χ0v) is 12.0. The van der Waals surface area contributed by atoms with E-state index in [2.05, 4.69) is 9.44 Å². The van der Waals surface area contributed by atoms with Gasteiger partial charge >= 0.3 is 5.97 Å². The molecule has 0 aromatic heterocycles. The molecule has 1 rings (SSSR count). The smallest absolute Gasteiger partial charge is 0.335 e. The molecule has 0 heterocycles. The Kier molecular flexibility index (Phi) is 5.16. The Morgan fingerprint density at radius 1 is 1.37 bits per heavy atom. The van der Waals surface area contributed by atoms with Crippen molar-refractivity contribution in [2.24, 2.45) is 5.92 Å². The van der Waals surface area contributed by atoms with Gasteiger partial charge in [-0.3, -0.25) is 4.72 Å². The van der Waals surface area contributed by atoms with Gasteiger partial charge in [0.25, 0.3) is 10.2 Å². The maximum Gasteiger partial charge on any atom is 0.335 e. The number of rotatable bonds is 6. The van der Waals surface area contributed by atoms with E-state index in [0.717, 1.165) is 0 Å². The van der Waals surface area contributed by atoms with Crippen LogP contribution >= 0.6 is 11.6 Å². The molecule has 0 spiro atoms. The van der Waals surface area contributed by atoms with Gasteiger partial charge in [0.05, 0.1) is 11.3 Å². The van der Waals surface area contributed by atoms with Crippen LogP contribution in [0.25, 0.3) is 0 Å². The number of hydrogen-bond donors (Lipinski definition) is 3. The molecule has 8 heteroatoms. The van der Waals surface area contributed by atoms with Crippen molar-refractivity contribution in [1.29, 1.82) is 0 Å². The van der Waals surface area contributed by atoms with Gasteiger partial charge in [-0.1, -0.05) is 25.4 Å². The SMILES string of the molecule is CC(C)CNS(=O)(=O)Nc1cc(Cl)cc(C(=O)O)c1. The highest BCUT2D eigenvalue weighted by atomic mass is 35.5. The monoisotopic (exact) mass is 306 g/mol. The quantitative estimate of drug-likeness (QED) is 0.748. The molecule has 0 amide bonds. The van der Waals surface area contributed by atoms with E-state index in [0.29, 0.717) is 0 Å². The van der Waals surface area contributed by atoms with Crippen molar-refractivity contribution in [3.63, 3.8) is 0 Å². The summed E-state index contributed by atoms with van der Waals surface area (Å²) in [5, 5.41) is 9.00. The number of nitrogens with one attached hydrogen (secondary N) is 2.